The maximum atomic E-state index is 11.7. The lowest BCUT2D eigenvalue weighted by Crippen LogP contribution is -2.40. The molecule has 0 aromatic heterocycles. The molecule has 5 nitrogen and oxygen atoms in total. The van der Waals surface area contributed by atoms with Crippen molar-refractivity contribution >= 4 is 11.9 Å². The lowest BCUT2D eigenvalue weighted by Gasteiger charge is -2.28. The summed E-state index contributed by atoms with van der Waals surface area (Å²) in [4.78, 5) is 22.9. The van der Waals surface area contributed by atoms with E-state index in [0.29, 0.717) is 13.0 Å². The van der Waals surface area contributed by atoms with Crippen molar-refractivity contribution in [3.63, 3.8) is 0 Å². The van der Waals surface area contributed by atoms with Crippen molar-refractivity contribution in [3.8, 4) is 0 Å². The van der Waals surface area contributed by atoms with Crippen LogP contribution in [0.25, 0.3) is 0 Å². The number of nitrogens with two attached hydrogens (primary N) is 1. The molecule has 3 unspecified atom stereocenters. The molecule has 110 valence electrons. The van der Waals surface area contributed by atoms with Gasteiger partial charge in [0.25, 0.3) is 0 Å². The van der Waals surface area contributed by atoms with Gasteiger partial charge in [-0.2, -0.15) is 0 Å². The van der Waals surface area contributed by atoms with Crippen LogP contribution in [0.2, 0.25) is 0 Å². The highest BCUT2D eigenvalue weighted by molar-refractivity contribution is 5.76. The minimum absolute atomic E-state index is 0.0606. The Morgan fingerprint density at radius 1 is 1.32 bits per heavy atom. The third-order valence-electron chi connectivity index (χ3n) is 4.07. The lowest BCUT2D eigenvalue weighted by atomic mass is 9.79. The van der Waals surface area contributed by atoms with Gasteiger partial charge in [-0.15, -0.1) is 0 Å². The molecule has 0 aliphatic heterocycles. The molecule has 0 saturated heterocycles. The number of carboxylic acid groups (broad SMARTS) is 1. The summed E-state index contributed by atoms with van der Waals surface area (Å²) in [6, 6.07) is -0.137. The first-order valence-electron chi connectivity index (χ1n) is 7.17. The van der Waals surface area contributed by atoms with Crippen LogP contribution in [0.3, 0.4) is 0 Å². The highest BCUT2D eigenvalue weighted by Crippen LogP contribution is 2.29. The predicted octanol–water partition coefficient (Wildman–Crippen LogP) is 1.37. The van der Waals surface area contributed by atoms with Crippen LogP contribution in [0.1, 0.15) is 46.0 Å². The van der Waals surface area contributed by atoms with Crippen molar-refractivity contribution in [3.05, 3.63) is 0 Å². The molecular formula is C14H26N2O3. The first-order chi connectivity index (χ1) is 8.91. The van der Waals surface area contributed by atoms with E-state index in [1.54, 1.807) is 0 Å². The van der Waals surface area contributed by atoms with Crippen molar-refractivity contribution in [2.24, 2.45) is 23.5 Å². The summed E-state index contributed by atoms with van der Waals surface area (Å²) in [6.45, 7) is 4.43. The van der Waals surface area contributed by atoms with Gasteiger partial charge in [0.05, 0.1) is 5.92 Å². The van der Waals surface area contributed by atoms with E-state index in [2.05, 4.69) is 5.32 Å². The summed E-state index contributed by atoms with van der Waals surface area (Å²) in [7, 11) is 0. The quantitative estimate of drug-likeness (QED) is 0.679. The third-order valence-corrected chi connectivity index (χ3v) is 4.07. The topological polar surface area (TPSA) is 92.4 Å². The van der Waals surface area contributed by atoms with Crippen LogP contribution in [-0.4, -0.2) is 29.6 Å². The number of hydrogen-bond donors (Lipinski definition) is 3. The molecule has 0 bridgehead atoms. The van der Waals surface area contributed by atoms with Gasteiger partial charge in [-0.3, -0.25) is 9.59 Å². The van der Waals surface area contributed by atoms with Gasteiger partial charge in [0.15, 0.2) is 0 Å². The number of rotatable bonds is 6. The fourth-order valence-corrected chi connectivity index (χ4v) is 2.54. The minimum Gasteiger partial charge on any atom is -0.481 e. The third kappa shape index (κ3) is 5.19. The molecule has 1 aliphatic rings. The van der Waals surface area contributed by atoms with E-state index in [0.717, 1.165) is 25.7 Å². The summed E-state index contributed by atoms with van der Waals surface area (Å²) >= 11 is 0. The molecule has 19 heavy (non-hydrogen) atoms. The standard InChI is InChI=1S/C14H26N2O3/c1-9(2)12(15)7-13(17)16-8-10-5-3-4-6-11(10)14(18)19/h9-12H,3-8,15H2,1-2H3,(H,16,17)(H,18,19). The van der Waals surface area contributed by atoms with Crippen molar-refractivity contribution < 1.29 is 14.7 Å². The molecule has 0 radical (unpaired) electrons. The van der Waals surface area contributed by atoms with Gasteiger partial charge in [-0.25, -0.2) is 0 Å². The average molecular weight is 270 g/mol. The van der Waals surface area contributed by atoms with Crippen molar-refractivity contribution in [2.75, 3.05) is 6.54 Å². The van der Waals surface area contributed by atoms with E-state index < -0.39 is 5.97 Å². The fourth-order valence-electron chi connectivity index (χ4n) is 2.54. The average Bonchev–Trinajstić information content (AvgIpc) is 2.36. The van der Waals surface area contributed by atoms with E-state index >= 15 is 0 Å². The Labute approximate surface area is 114 Å². The molecule has 0 spiro atoms. The number of carboxylic acids is 1. The van der Waals surface area contributed by atoms with Crippen molar-refractivity contribution in [1.29, 1.82) is 0 Å². The van der Waals surface area contributed by atoms with Crippen LogP contribution in [0.5, 0.6) is 0 Å². The second-order valence-corrected chi connectivity index (χ2v) is 5.91. The zero-order chi connectivity index (χ0) is 14.4. The number of aliphatic carboxylic acids is 1. The highest BCUT2D eigenvalue weighted by Gasteiger charge is 2.30. The molecule has 1 fully saturated rings. The first-order valence-corrected chi connectivity index (χ1v) is 7.17. The second kappa shape index (κ2) is 7.48. The Balaban J connectivity index is 2.37. The Kier molecular flexibility index (Phi) is 6.28. The van der Waals surface area contributed by atoms with E-state index in [1.165, 1.54) is 0 Å². The maximum absolute atomic E-state index is 11.7. The van der Waals surface area contributed by atoms with Crippen LogP contribution in [0.4, 0.5) is 0 Å². The van der Waals surface area contributed by atoms with Crippen LogP contribution >= 0.6 is 0 Å². The Hall–Kier alpha value is -1.10. The molecular weight excluding hydrogens is 244 g/mol. The Morgan fingerprint density at radius 3 is 2.53 bits per heavy atom. The second-order valence-electron chi connectivity index (χ2n) is 5.91. The smallest absolute Gasteiger partial charge is 0.306 e. The van der Waals surface area contributed by atoms with Gasteiger partial charge in [0, 0.05) is 19.0 Å². The summed E-state index contributed by atoms with van der Waals surface area (Å²) in [5, 5.41) is 12.0. The molecule has 4 N–H and O–H groups in total. The van der Waals surface area contributed by atoms with Crippen molar-refractivity contribution in [2.45, 2.75) is 52.0 Å². The van der Waals surface area contributed by atoms with E-state index in [4.69, 9.17) is 10.8 Å². The first kappa shape index (κ1) is 16.0. The monoisotopic (exact) mass is 270 g/mol. The molecule has 0 aromatic rings. The molecule has 1 aliphatic carbocycles. The lowest BCUT2D eigenvalue weighted by molar-refractivity contribution is -0.145. The molecule has 0 aromatic carbocycles. The van der Waals surface area contributed by atoms with E-state index in [1.807, 2.05) is 13.8 Å². The van der Waals surface area contributed by atoms with Gasteiger partial charge < -0.3 is 16.2 Å². The summed E-state index contributed by atoms with van der Waals surface area (Å²) in [6.07, 6.45) is 3.94. The van der Waals surface area contributed by atoms with Gasteiger partial charge >= 0.3 is 5.97 Å². The summed E-state index contributed by atoms with van der Waals surface area (Å²) in [5.74, 6) is -0.792. The number of carbonyl (C=O) groups is 2. The largest absolute Gasteiger partial charge is 0.481 e. The van der Waals surface area contributed by atoms with Gasteiger partial charge in [0.2, 0.25) is 5.91 Å². The van der Waals surface area contributed by atoms with Crippen LogP contribution in [0, 0.1) is 17.8 Å². The Bertz CT molecular complexity index is 318. The van der Waals surface area contributed by atoms with E-state index in [9.17, 15) is 9.59 Å². The highest BCUT2D eigenvalue weighted by atomic mass is 16.4. The number of amides is 1. The molecule has 1 amide bonds. The van der Waals surface area contributed by atoms with E-state index in [-0.39, 0.29) is 29.7 Å². The SMILES string of the molecule is CC(C)C(N)CC(=O)NCC1CCCCC1C(=O)O. The molecule has 5 heteroatoms. The normalized spacial score (nSPS) is 25.1. The molecule has 1 rings (SSSR count). The van der Waals surface area contributed by atoms with Crippen LogP contribution in [-0.2, 0) is 9.59 Å². The van der Waals surface area contributed by atoms with Gasteiger partial charge in [-0.1, -0.05) is 26.7 Å². The zero-order valence-electron chi connectivity index (χ0n) is 11.9. The molecule has 3 atom stereocenters. The number of nitrogens with one attached hydrogen (secondary N) is 1. The maximum Gasteiger partial charge on any atom is 0.306 e. The van der Waals surface area contributed by atoms with Gasteiger partial charge in [0.1, 0.15) is 0 Å². The predicted molar refractivity (Wildman–Crippen MR) is 73.5 cm³/mol. The summed E-state index contributed by atoms with van der Waals surface area (Å²) < 4.78 is 0. The fraction of sp³-hybridized carbons (Fsp3) is 0.857. The Morgan fingerprint density at radius 2 is 1.95 bits per heavy atom. The van der Waals surface area contributed by atoms with Crippen molar-refractivity contribution in [1.82, 2.24) is 5.32 Å². The molecule has 0 heterocycles. The van der Waals surface area contributed by atoms with Crippen LogP contribution in [0.15, 0.2) is 0 Å². The minimum atomic E-state index is -0.738. The number of carbonyl (C=O) groups excluding carboxylic acids is 1. The number of hydrogen-bond acceptors (Lipinski definition) is 3. The summed E-state index contributed by atoms with van der Waals surface area (Å²) in [5.41, 5.74) is 5.85. The van der Waals surface area contributed by atoms with Gasteiger partial charge in [-0.05, 0) is 24.7 Å². The molecule has 1 saturated carbocycles. The van der Waals surface area contributed by atoms with Crippen LogP contribution < -0.4 is 11.1 Å². The zero-order valence-corrected chi connectivity index (χ0v) is 11.9.